The average molecular weight is 374 g/mol. The Labute approximate surface area is 151 Å². The lowest BCUT2D eigenvalue weighted by Crippen LogP contribution is -2.25. The van der Waals surface area contributed by atoms with Crippen LogP contribution in [0, 0.1) is 0 Å². The number of esters is 1. The van der Waals surface area contributed by atoms with Crippen molar-refractivity contribution in [2.75, 3.05) is 11.0 Å². The van der Waals surface area contributed by atoms with Gasteiger partial charge in [0, 0.05) is 12.1 Å². The summed E-state index contributed by atoms with van der Waals surface area (Å²) in [4.78, 5) is 24.0. The van der Waals surface area contributed by atoms with E-state index in [0.717, 1.165) is 6.26 Å². The number of nitrogens with one attached hydrogen (secondary N) is 2. The highest BCUT2D eigenvalue weighted by molar-refractivity contribution is 7.92. The summed E-state index contributed by atoms with van der Waals surface area (Å²) in [6.07, 6.45) is 0.460. The van der Waals surface area contributed by atoms with Crippen LogP contribution in [0.25, 0.3) is 0 Å². The lowest BCUT2D eigenvalue weighted by Gasteiger charge is -2.13. The number of hydrogen-bond donors (Lipinski definition) is 2. The number of cyclic esters (lactones) is 1. The van der Waals surface area contributed by atoms with Crippen molar-refractivity contribution >= 4 is 27.6 Å². The number of para-hydroxylation sites is 1. The summed E-state index contributed by atoms with van der Waals surface area (Å²) in [5.74, 6) is -0.727. The third-order valence-corrected chi connectivity index (χ3v) is 4.53. The Morgan fingerprint density at radius 2 is 1.81 bits per heavy atom. The molecule has 1 amide bonds. The molecule has 0 aromatic heterocycles. The van der Waals surface area contributed by atoms with Crippen molar-refractivity contribution in [3.8, 4) is 0 Å². The quantitative estimate of drug-likeness (QED) is 0.753. The maximum atomic E-state index is 12.2. The van der Waals surface area contributed by atoms with Gasteiger partial charge in [-0.25, -0.2) is 13.2 Å². The number of sulfonamides is 1. The second-order valence-corrected chi connectivity index (χ2v) is 7.74. The maximum absolute atomic E-state index is 12.2. The Balaban J connectivity index is 1.63. The zero-order valence-electron chi connectivity index (χ0n) is 14.1. The van der Waals surface area contributed by atoms with Crippen LogP contribution in [0.1, 0.15) is 34.0 Å². The van der Waals surface area contributed by atoms with Gasteiger partial charge in [0.1, 0.15) is 6.10 Å². The van der Waals surface area contributed by atoms with E-state index >= 15 is 0 Å². The van der Waals surface area contributed by atoms with Gasteiger partial charge < -0.3 is 10.1 Å². The minimum absolute atomic E-state index is 0.00439. The molecule has 7 nitrogen and oxygen atoms in total. The molecule has 0 saturated carbocycles. The zero-order valence-corrected chi connectivity index (χ0v) is 14.9. The number of amides is 1. The SMILES string of the molecule is CS(=O)(=O)Nc1ccccc1CNC(=O)CC1OC(=O)c2ccccc21. The fourth-order valence-corrected chi connectivity index (χ4v) is 3.38. The third-order valence-electron chi connectivity index (χ3n) is 3.94. The number of carbonyl (C=O) groups is 2. The number of ether oxygens (including phenoxy) is 1. The highest BCUT2D eigenvalue weighted by Crippen LogP contribution is 2.32. The van der Waals surface area contributed by atoms with Gasteiger partial charge in [0.25, 0.3) is 0 Å². The Morgan fingerprint density at radius 3 is 2.58 bits per heavy atom. The van der Waals surface area contributed by atoms with Gasteiger partial charge in [-0.15, -0.1) is 0 Å². The van der Waals surface area contributed by atoms with E-state index < -0.39 is 22.1 Å². The van der Waals surface area contributed by atoms with Crippen LogP contribution in [-0.4, -0.2) is 26.6 Å². The minimum Gasteiger partial charge on any atom is -0.453 e. The van der Waals surface area contributed by atoms with Crippen LogP contribution < -0.4 is 10.0 Å². The van der Waals surface area contributed by atoms with Crippen LogP contribution in [0.4, 0.5) is 5.69 Å². The van der Waals surface area contributed by atoms with E-state index in [1.807, 2.05) is 0 Å². The Hall–Kier alpha value is -2.87. The summed E-state index contributed by atoms with van der Waals surface area (Å²) < 4.78 is 30.5. The second-order valence-electron chi connectivity index (χ2n) is 5.99. The fraction of sp³-hybridized carbons (Fsp3) is 0.222. The average Bonchev–Trinajstić information content (AvgIpc) is 2.89. The summed E-state index contributed by atoms with van der Waals surface area (Å²) in [7, 11) is -3.42. The molecule has 26 heavy (non-hydrogen) atoms. The highest BCUT2D eigenvalue weighted by Gasteiger charge is 2.31. The molecular weight excluding hydrogens is 356 g/mol. The number of benzene rings is 2. The first-order chi connectivity index (χ1) is 12.3. The lowest BCUT2D eigenvalue weighted by molar-refractivity contribution is -0.123. The summed E-state index contributed by atoms with van der Waals surface area (Å²) in [5, 5.41) is 2.73. The number of rotatable bonds is 6. The molecule has 1 unspecified atom stereocenters. The van der Waals surface area contributed by atoms with E-state index in [4.69, 9.17) is 4.74 Å². The standard InChI is InChI=1S/C18H18N2O5S/c1-26(23,24)20-15-9-5-2-6-12(15)11-19-17(21)10-16-13-7-3-4-8-14(13)18(22)25-16/h2-9,16,20H,10-11H2,1H3,(H,19,21). The van der Waals surface area contributed by atoms with Crippen LogP contribution in [0.3, 0.4) is 0 Å². The molecule has 1 aliphatic heterocycles. The smallest absolute Gasteiger partial charge is 0.339 e. The minimum atomic E-state index is -3.42. The van der Waals surface area contributed by atoms with E-state index in [9.17, 15) is 18.0 Å². The molecule has 1 heterocycles. The van der Waals surface area contributed by atoms with Crippen molar-refractivity contribution in [2.45, 2.75) is 19.1 Å². The van der Waals surface area contributed by atoms with Gasteiger partial charge in [0.05, 0.1) is 23.9 Å². The Morgan fingerprint density at radius 1 is 1.12 bits per heavy atom. The zero-order chi connectivity index (χ0) is 18.7. The monoisotopic (exact) mass is 374 g/mol. The van der Waals surface area contributed by atoms with Crippen molar-refractivity contribution in [1.82, 2.24) is 5.32 Å². The summed E-state index contributed by atoms with van der Waals surface area (Å²) >= 11 is 0. The fourth-order valence-electron chi connectivity index (χ4n) is 2.78. The van der Waals surface area contributed by atoms with Crippen LogP contribution in [-0.2, 0) is 26.1 Å². The topological polar surface area (TPSA) is 102 Å². The van der Waals surface area contributed by atoms with Crippen LogP contribution in [0.15, 0.2) is 48.5 Å². The number of hydrogen-bond acceptors (Lipinski definition) is 5. The molecule has 2 aromatic rings. The molecule has 1 aliphatic rings. The molecule has 2 N–H and O–H groups in total. The van der Waals surface area contributed by atoms with Crippen LogP contribution in [0.2, 0.25) is 0 Å². The van der Waals surface area contributed by atoms with Gasteiger partial charge in [-0.1, -0.05) is 36.4 Å². The van der Waals surface area contributed by atoms with Crippen molar-refractivity contribution in [3.63, 3.8) is 0 Å². The molecule has 0 radical (unpaired) electrons. The Kier molecular flexibility index (Phi) is 4.94. The van der Waals surface area contributed by atoms with Crippen LogP contribution >= 0.6 is 0 Å². The third kappa shape index (κ3) is 4.20. The Bertz CT molecular complexity index is 956. The van der Waals surface area contributed by atoms with Gasteiger partial charge in [-0.2, -0.15) is 0 Å². The number of fused-ring (bicyclic) bond motifs is 1. The molecule has 8 heteroatoms. The van der Waals surface area contributed by atoms with Crippen molar-refractivity contribution in [1.29, 1.82) is 0 Å². The van der Waals surface area contributed by atoms with Crippen LogP contribution in [0.5, 0.6) is 0 Å². The molecule has 0 spiro atoms. The van der Waals surface area contributed by atoms with Gasteiger partial charge in [-0.05, 0) is 17.7 Å². The second kappa shape index (κ2) is 7.17. The van der Waals surface area contributed by atoms with Gasteiger partial charge in [0.15, 0.2) is 0 Å². The highest BCUT2D eigenvalue weighted by atomic mass is 32.2. The summed E-state index contributed by atoms with van der Waals surface area (Å²) in [5.41, 5.74) is 2.22. The van der Waals surface area contributed by atoms with Crippen molar-refractivity contribution < 1.29 is 22.7 Å². The molecule has 1 atom stereocenters. The maximum Gasteiger partial charge on any atom is 0.339 e. The first kappa shape index (κ1) is 17.9. The van der Waals surface area contributed by atoms with Gasteiger partial charge in [0.2, 0.25) is 15.9 Å². The number of carbonyl (C=O) groups excluding carboxylic acids is 2. The molecule has 3 rings (SSSR count). The normalized spacial score (nSPS) is 15.9. The molecular formula is C18H18N2O5S. The summed E-state index contributed by atoms with van der Waals surface area (Å²) in [6.45, 7) is 0.153. The van der Waals surface area contributed by atoms with E-state index in [1.165, 1.54) is 0 Å². The first-order valence-electron chi connectivity index (χ1n) is 7.96. The molecule has 0 aliphatic carbocycles. The molecule has 0 bridgehead atoms. The molecule has 2 aromatic carbocycles. The van der Waals surface area contributed by atoms with Crippen molar-refractivity contribution in [2.24, 2.45) is 0 Å². The van der Waals surface area contributed by atoms with Gasteiger partial charge >= 0.3 is 5.97 Å². The van der Waals surface area contributed by atoms with E-state index in [1.54, 1.807) is 48.5 Å². The van der Waals surface area contributed by atoms with E-state index in [-0.39, 0.29) is 18.9 Å². The first-order valence-corrected chi connectivity index (χ1v) is 9.85. The predicted octanol–water partition coefficient (Wildman–Crippen LogP) is 1.98. The predicted molar refractivity (Wildman–Crippen MR) is 96.0 cm³/mol. The molecule has 0 saturated heterocycles. The van der Waals surface area contributed by atoms with Crippen molar-refractivity contribution in [3.05, 3.63) is 65.2 Å². The number of anilines is 1. The molecule has 136 valence electrons. The molecule has 0 fully saturated rings. The lowest BCUT2D eigenvalue weighted by atomic mass is 10.0. The van der Waals surface area contributed by atoms with E-state index in [0.29, 0.717) is 22.4 Å². The largest absolute Gasteiger partial charge is 0.453 e. The summed E-state index contributed by atoms with van der Waals surface area (Å²) in [6, 6.07) is 13.8. The van der Waals surface area contributed by atoms with E-state index in [2.05, 4.69) is 10.0 Å². The van der Waals surface area contributed by atoms with Gasteiger partial charge in [-0.3, -0.25) is 9.52 Å².